The van der Waals surface area contributed by atoms with Gasteiger partial charge in [0.25, 0.3) is 5.91 Å². The van der Waals surface area contributed by atoms with Gasteiger partial charge in [-0.05, 0) is 12.1 Å². The zero-order chi connectivity index (χ0) is 15.4. The Hall–Kier alpha value is -3.12. The normalized spacial score (nSPS) is 10.2. The minimum Gasteiger partial charge on any atom is -0.288 e. The molecule has 2 heterocycles. The van der Waals surface area contributed by atoms with Gasteiger partial charge in [0.1, 0.15) is 0 Å². The van der Waals surface area contributed by atoms with Crippen LogP contribution < -0.4 is 5.48 Å². The maximum Gasteiger partial charge on any atom is 0.278 e. The fourth-order valence-corrected chi connectivity index (χ4v) is 2.06. The molecular weight excluding hydrogens is 280 g/mol. The number of nitrogens with one attached hydrogen (secondary N) is 1. The predicted molar refractivity (Wildman–Crippen MR) is 80.0 cm³/mol. The summed E-state index contributed by atoms with van der Waals surface area (Å²) in [5.74, 6) is -0.159. The molecule has 0 saturated heterocycles. The van der Waals surface area contributed by atoms with Crippen LogP contribution in [-0.4, -0.2) is 26.1 Å². The van der Waals surface area contributed by atoms with Gasteiger partial charge in [0.15, 0.2) is 5.82 Å². The average Bonchev–Trinajstić information content (AvgIpc) is 2.62. The molecule has 0 unspecified atom stereocenters. The Morgan fingerprint density at radius 3 is 2.41 bits per heavy atom. The van der Waals surface area contributed by atoms with Crippen molar-refractivity contribution in [2.75, 3.05) is 0 Å². The Bertz CT molecular complexity index is 792. The zero-order valence-corrected chi connectivity index (χ0v) is 11.5. The molecule has 3 aromatic rings. The fraction of sp³-hybridized carbons (Fsp3) is 0. The number of benzene rings is 1. The fourth-order valence-electron chi connectivity index (χ4n) is 2.06. The van der Waals surface area contributed by atoms with Crippen molar-refractivity contribution in [3.63, 3.8) is 0 Å². The van der Waals surface area contributed by atoms with Gasteiger partial charge in [-0.25, -0.2) is 15.4 Å². The number of pyridine rings is 1. The monoisotopic (exact) mass is 292 g/mol. The summed E-state index contributed by atoms with van der Waals surface area (Å²) in [4.78, 5) is 24.4. The Kier molecular flexibility index (Phi) is 3.84. The number of carbonyl (C=O) groups excluding carboxylic acids is 1. The molecule has 0 aliphatic rings. The van der Waals surface area contributed by atoms with E-state index >= 15 is 0 Å². The van der Waals surface area contributed by atoms with Crippen LogP contribution in [0.1, 0.15) is 10.4 Å². The van der Waals surface area contributed by atoms with Crippen LogP contribution in [0, 0.1) is 0 Å². The van der Waals surface area contributed by atoms with Crippen molar-refractivity contribution in [1.82, 2.24) is 20.4 Å². The second kappa shape index (κ2) is 6.11. The lowest BCUT2D eigenvalue weighted by Gasteiger charge is -2.09. The molecule has 0 aliphatic heterocycles. The first-order valence-electron chi connectivity index (χ1n) is 6.57. The van der Waals surface area contributed by atoms with Crippen LogP contribution in [0.15, 0.2) is 61.1 Å². The number of aromatic nitrogens is 3. The summed E-state index contributed by atoms with van der Waals surface area (Å²) in [6.45, 7) is 0. The van der Waals surface area contributed by atoms with E-state index in [9.17, 15) is 4.79 Å². The van der Waals surface area contributed by atoms with Crippen LogP contribution in [0.25, 0.3) is 22.6 Å². The third-order valence-electron chi connectivity index (χ3n) is 3.12. The van der Waals surface area contributed by atoms with E-state index in [1.807, 2.05) is 30.3 Å². The summed E-state index contributed by atoms with van der Waals surface area (Å²) in [7, 11) is 0. The lowest BCUT2D eigenvalue weighted by Crippen LogP contribution is -2.20. The summed E-state index contributed by atoms with van der Waals surface area (Å²) < 4.78 is 0. The van der Waals surface area contributed by atoms with Gasteiger partial charge >= 0.3 is 0 Å². The summed E-state index contributed by atoms with van der Waals surface area (Å²) in [5.41, 5.74) is 3.79. The van der Waals surface area contributed by atoms with Crippen LogP contribution in [0.3, 0.4) is 0 Å². The Morgan fingerprint density at radius 1 is 1.00 bits per heavy atom. The number of amides is 1. The van der Waals surface area contributed by atoms with Gasteiger partial charge in [-0.15, -0.1) is 0 Å². The van der Waals surface area contributed by atoms with E-state index in [4.69, 9.17) is 5.21 Å². The van der Waals surface area contributed by atoms with Crippen LogP contribution in [-0.2, 0) is 0 Å². The highest BCUT2D eigenvalue weighted by Crippen LogP contribution is 2.24. The molecule has 0 spiro atoms. The van der Waals surface area contributed by atoms with Crippen molar-refractivity contribution in [1.29, 1.82) is 0 Å². The number of carbonyl (C=O) groups is 1. The molecule has 2 aromatic heterocycles. The van der Waals surface area contributed by atoms with Gasteiger partial charge in [-0.3, -0.25) is 15.0 Å². The first-order chi connectivity index (χ1) is 10.8. The average molecular weight is 292 g/mol. The zero-order valence-electron chi connectivity index (χ0n) is 11.5. The van der Waals surface area contributed by atoms with E-state index < -0.39 is 5.91 Å². The lowest BCUT2D eigenvalue weighted by atomic mass is 10.1. The van der Waals surface area contributed by atoms with Gasteiger partial charge in [0.05, 0.1) is 11.3 Å². The molecule has 0 aliphatic carbocycles. The Balaban J connectivity index is 2.17. The molecule has 0 saturated carbocycles. The van der Waals surface area contributed by atoms with Crippen molar-refractivity contribution in [2.24, 2.45) is 0 Å². The highest BCUT2D eigenvalue weighted by Gasteiger charge is 2.16. The maximum absolute atomic E-state index is 11.8. The molecule has 0 radical (unpaired) electrons. The summed E-state index contributed by atoms with van der Waals surface area (Å²) in [6, 6.07) is 12.9. The first-order valence-corrected chi connectivity index (χ1v) is 6.57. The van der Waals surface area contributed by atoms with E-state index in [1.165, 1.54) is 6.20 Å². The quantitative estimate of drug-likeness (QED) is 0.571. The van der Waals surface area contributed by atoms with Crippen molar-refractivity contribution >= 4 is 5.91 Å². The van der Waals surface area contributed by atoms with E-state index in [0.29, 0.717) is 17.1 Å². The van der Waals surface area contributed by atoms with Crippen LogP contribution in [0.5, 0.6) is 0 Å². The van der Waals surface area contributed by atoms with E-state index in [0.717, 1.165) is 5.56 Å². The smallest absolute Gasteiger partial charge is 0.278 e. The number of hydroxylamine groups is 1. The number of nitrogens with zero attached hydrogens (tertiary/aromatic N) is 3. The van der Waals surface area contributed by atoms with Gasteiger partial charge in [0.2, 0.25) is 0 Å². The first kappa shape index (κ1) is 13.8. The lowest BCUT2D eigenvalue weighted by molar-refractivity contribution is 0.0706. The topological polar surface area (TPSA) is 88.0 Å². The van der Waals surface area contributed by atoms with Crippen LogP contribution in [0.2, 0.25) is 0 Å². The standard InChI is InChI=1S/C16H12N4O2/c21-16(20-22)13-10-18-15(12-4-2-1-3-5-12)19-14(13)11-6-8-17-9-7-11/h1-10,22H,(H,20,21). The highest BCUT2D eigenvalue weighted by atomic mass is 16.5. The molecule has 0 fully saturated rings. The molecule has 108 valence electrons. The van der Waals surface area contributed by atoms with Crippen LogP contribution >= 0.6 is 0 Å². The molecule has 1 amide bonds. The molecule has 0 bridgehead atoms. The molecule has 0 atom stereocenters. The molecule has 2 N–H and O–H groups in total. The predicted octanol–water partition coefficient (Wildman–Crippen LogP) is 2.32. The summed E-state index contributed by atoms with van der Waals surface area (Å²) >= 11 is 0. The van der Waals surface area contributed by atoms with Gasteiger partial charge in [-0.2, -0.15) is 0 Å². The molecule has 22 heavy (non-hydrogen) atoms. The minimum absolute atomic E-state index is 0.188. The molecule has 6 heteroatoms. The van der Waals surface area contributed by atoms with Gasteiger partial charge in [-0.1, -0.05) is 30.3 Å². The van der Waals surface area contributed by atoms with Crippen molar-refractivity contribution < 1.29 is 10.0 Å². The number of rotatable bonds is 3. The molecule has 3 rings (SSSR count). The van der Waals surface area contributed by atoms with E-state index in [-0.39, 0.29) is 5.56 Å². The number of hydrogen-bond acceptors (Lipinski definition) is 5. The summed E-state index contributed by atoms with van der Waals surface area (Å²) in [5, 5.41) is 8.88. The van der Waals surface area contributed by atoms with Crippen molar-refractivity contribution in [3.8, 4) is 22.6 Å². The van der Waals surface area contributed by atoms with Crippen molar-refractivity contribution in [2.45, 2.75) is 0 Å². The SMILES string of the molecule is O=C(NO)c1cnc(-c2ccccc2)nc1-c1ccncc1. The largest absolute Gasteiger partial charge is 0.288 e. The van der Waals surface area contributed by atoms with Crippen LogP contribution in [0.4, 0.5) is 0 Å². The second-order valence-electron chi connectivity index (χ2n) is 4.50. The molecule has 6 nitrogen and oxygen atoms in total. The molecule has 1 aromatic carbocycles. The summed E-state index contributed by atoms with van der Waals surface area (Å²) in [6.07, 6.45) is 4.62. The van der Waals surface area contributed by atoms with Gasteiger partial charge in [0, 0.05) is 29.7 Å². The van der Waals surface area contributed by atoms with E-state index in [1.54, 1.807) is 30.0 Å². The molecular formula is C16H12N4O2. The highest BCUT2D eigenvalue weighted by molar-refractivity contribution is 5.99. The Morgan fingerprint density at radius 2 is 1.73 bits per heavy atom. The third-order valence-corrected chi connectivity index (χ3v) is 3.12. The number of hydrogen-bond donors (Lipinski definition) is 2. The second-order valence-corrected chi connectivity index (χ2v) is 4.50. The van der Waals surface area contributed by atoms with Crippen molar-refractivity contribution in [3.05, 3.63) is 66.6 Å². The third kappa shape index (κ3) is 2.68. The Labute approximate surface area is 126 Å². The maximum atomic E-state index is 11.8. The minimum atomic E-state index is -0.661. The van der Waals surface area contributed by atoms with E-state index in [2.05, 4.69) is 15.0 Å². The van der Waals surface area contributed by atoms with Gasteiger partial charge < -0.3 is 0 Å².